The van der Waals surface area contributed by atoms with Crippen LogP contribution in [0.15, 0.2) is 18.2 Å². The van der Waals surface area contributed by atoms with Gasteiger partial charge in [-0.3, -0.25) is 0 Å². The van der Waals surface area contributed by atoms with E-state index >= 15 is 0 Å². The summed E-state index contributed by atoms with van der Waals surface area (Å²) in [5, 5.41) is 4.16. The highest BCUT2D eigenvalue weighted by Gasteiger charge is 2.15. The smallest absolute Gasteiger partial charge is 0.184 e. The van der Waals surface area contributed by atoms with Crippen molar-refractivity contribution in [2.75, 3.05) is 19.0 Å². The van der Waals surface area contributed by atoms with Gasteiger partial charge >= 0.3 is 0 Å². The maximum atomic E-state index is 13.1. The molecule has 0 saturated heterocycles. The summed E-state index contributed by atoms with van der Waals surface area (Å²) in [6.07, 6.45) is 0. The van der Waals surface area contributed by atoms with Crippen LogP contribution in [-0.4, -0.2) is 24.7 Å². The largest absolute Gasteiger partial charge is 0.383 e. The molecular formula is C13H17FN2OS. The topological polar surface area (TPSA) is 34.1 Å². The zero-order valence-electron chi connectivity index (χ0n) is 10.7. The molecule has 1 unspecified atom stereocenters. The van der Waals surface area contributed by atoms with Crippen molar-refractivity contribution in [3.63, 3.8) is 0 Å². The van der Waals surface area contributed by atoms with Gasteiger partial charge in [-0.2, -0.15) is 0 Å². The Kier molecular flexibility index (Phi) is 4.14. The molecule has 0 saturated carbocycles. The van der Waals surface area contributed by atoms with E-state index in [4.69, 9.17) is 4.74 Å². The molecule has 5 heteroatoms. The van der Waals surface area contributed by atoms with Gasteiger partial charge in [-0.1, -0.05) is 25.2 Å². The Morgan fingerprint density at radius 3 is 2.89 bits per heavy atom. The van der Waals surface area contributed by atoms with Gasteiger partial charge in [0.25, 0.3) is 0 Å². The van der Waals surface area contributed by atoms with Gasteiger partial charge in [0.05, 0.1) is 22.9 Å². The highest BCUT2D eigenvalue weighted by Crippen LogP contribution is 2.27. The predicted octanol–water partition coefficient (Wildman–Crippen LogP) is 3.52. The van der Waals surface area contributed by atoms with Crippen molar-refractivity contribution in [2.45, 2.75) is 19.9 Å². The molecule has 0 aliphatic rings. The minimum absolute atomic E-state index is 0.209. The molecule has 0 radical (unpaired) electrons. The lowest BCUT2D eigenvalue weighted by Crippen LogP contribution is -2.30. The Labute approximate surface area is 110 Å². The minimum Gasteiger partial charge on any atom is -0.383 e. The Balaban J connectivity index is 2.20. The summed E-state index contributed by atoms with van der Waals surface area (Å²) in [6.45, 7) is 4.88. The van der Waals surface area contributed by atoms with E-state index in [1.165, 1.54) is 23.5 Å². The summed E-state index contributed by atoms with van der Waals surface area (Å²) in [5.74, 6) is 0.186. The first-order chi connectivity index (χ1) is 8.60. The number of benzene rings is 1. The highest BCUT2D eigenvalue weighted by molar-refractivity contribution is 7.22. The molecular weight excluding hydrogens is 251 g/mol. The number of anilines is 1. The predicted molar refractivity (Wildman–Crippen MR) is 73.7 cm³/mol. The standard InChI is InChI=1S/C13H17FN2OS/c1-8(2)11(7-17-3)16-13-15-10-6-9(14)4-5-12(10)18-13/h4-6,8,11H,7H2,1-3H3,(H,15,16). The van der Waals surface area contributed by atoms with Crippen LogP contribution in [0.2, 0.25) is 0 Å². The molecule has 1 atom stereocenters. The number of rotatable bonds is 5. The number of hydrogen-bond acceptors (Lipinski definition) is 4. The average Bonchev–Trinajstić information content (AvgIpc) is 2.69. The van der Waals surface area contributed by atoms with E-state index in [-0.39, 0.29) is 11.9 Å². The number of nitrogens with zero attached hydrogens (tertiary/aromatic N) is 1. The van der Waals surface area contributed by atoms with Gasteiger partial charge in [0, 0.05) is 13.2 Å². The molecule has 0 fully saturated rings. The molecule has 0 bridgehead atoms. The molecule has 98 valence electrons. The lowest BCUT2D eigenvalue weighted by atomic mass is 10.1. The number of methoxy groups -OCH3 is 1. The number of halogens is 1. The second-order valence-electron chi connectivity index (χ2n) is 4.58. The monoisotopic (exact) mass is 268 g/mol. The SMILES string of the molecule is COCC(Nc1nc2cc(F)ccc2s1)C(C)C. The zero-order chi connectivity index (χ0) is 13.1. The first-order valence-electron chi connectivity index (χ1n) is 5.91. The number of thiazole rings is 1. The highest BCUT2D eigenvalue weighted by atomic mass is 32.1. The Hall–Kier alpha value is -1.20. The fraction of sp³-hybridized carbons (Fsp3) is 0.462. The van der Waals surface area contributed by atoms with E-state index in [9.17, 15) is 4.39 Å². The summed E-state index contributed by atoms with van der Waals surface area (Å²) >= 11 is 1.53. The van der Waals surface area contributed by atoms with E-state index in [0.29, 0.717) is 18.0 Å². The van der Waals surface area contributed by atoms with Crippen LogP contribution in [0.5, 0.6) is 0 Å². The third-order valence-corrected chi connectivity index (χ3v) is 3.78. The van der Waals surface area contributed by atoms with Crippen LogP contribution in [0.4, 0.5) is 9.52 Å². The molecule has 18 heavy (non-hydrogen) atoms. The zero-order valence-corrected chi connectivity index (χ0v) is 11.6. The average molecular weight is 268 g/mol. The van der Waals surface area contributed by atoms with E-state index in [0.717, 1.165) is 9.83 Å². The van der Waals surface area contributed by atoms with Crippen molar-refractivity contribution >= 4 is 26.7 Å². The van der Waals surface area contributed by atoms with Crippen LogP contribution in [0, 0.1) is 11.7 Å². The molecule has 2 aromatic rings. The van der Waals surface area contributed by atoms with Crippen LogP contribution >= 0.6 is 11.3 Å². The van der Waals surface area contributed by atoms with Gasteiger partial charge in [-0.25, -0.2) is 9.37 Å². The molecule has 0 aliphatic heterocycles. The van der Waals surface area contributed by atoms with Gasteiger partial charge in [0.2, 0.25) is 0 Å². The first kappa shape index (κ1) is 13.2. The van der Waals surface area contributed by atoms with Crippen LogP contribution < -0.4 is 5.32 Å². The van der Waals surface area contributed by atoms with E-state index in [2.05, 4.69) is 24.1 Å². The molecule has 1 aromatic heterocycles. The lowest BCUT2D eigenvalue weighted by molar-refractivity contribution is 0.171. The number of fused-ring (bicyclic) bond motifs is 1. The molecule has 0 amide bonds. The summed E-state index contributed by atoms with van der Waals surface area (Å²) in [7, 11) is 1.69. The van der Waals surface area contributed by atoms with E-state index < -0.39 is 0 Å². The number of aromatic nitrogens is 1. The van der Waals surface area contributed by atoms with Gasteiger partial charge in [0.15, 0.2) is 5.13 Å². The molecule has 0 spiro atoms. The quantitative estimate of drug-likeness (QED) is 0.901. The maximum Gasteiger partial charge on any atom is 0.184 e. The maximum absolute atomic E-state index is 13.1. The first-order valence-corrected chi connectivity index (χ1v) is 6.73. The normalized spacial score (nSPS) is 13.2. The molecule has 1 aromatic carbocycles. The van der Waals surface area contributed by atoms with Crippen LogP contribution in [0.3, 0.4) is 0 Å². The van der Waals surface area contributed by atoms with E-state index in [1.807, 2.05) is 0 Å². The molecule has 0 aliphatic carbocycles. The van der Waals surface area contributed by atoms with Gasteiger partial charge in [-0.05, 0) is 18.1 Å². The van der Waals surface area contributed by atoms with E-state index in [1.54, 1.807) is 13.2 Å². The van der Waals surface area contributed by atoms with Crippen molar-refractivity contribution in [3.8, 4) is 0 Å². The van der Waals surface area contributed by atoms with Crippen molar-refractivity contribution in [1.29, 1.82) is 0 Å². The fourth-order valence-electron chi connectivity index (χ4n) is 1.70. The van der Waals surface area contributed by atoms with Crippen molar-refractivity contribution in [2.24, 2.45) is 5.92 Å². The summed E-state index contributed by atoms with van der Waals surface area (Å²) < 4.78 is 19.3. The van der Waals surface area contributed by atoms with Crippen molar-refractivity contribution in [3.05, 3.63) is 24.0 Å². The molecule has 1 N–H and O–H groups in total. The molecule has 3 nitrogen and oxygen atoms in total. The van der Waals surface area contributed by atoms with Gasteiger partial charge in [-0.15, -0.1) is 0 Å². The Morgan fingerprint density at radius 1 is 1.44 bits per heavy atom. The number of nitrogens with one attached hydrogen (secondary N) is 1. The molecule has 1 heterocycles. The summed E-state index contributed by atoms with van der Waals surface area (Å²) in [4.78, 5) is 4.39. The lowest BCUT2D eigenvalue weighted by Gasteiger charge is -2.20. The minimum atomic E-state index is -0.253. The third kappa shape index (κ3) is 2.97. The van der Waals surface area contributed by atoms with Crippen LogP contribution in [-0.2, 0) is 4.74 Å². The Bertz CT molecular complexity index is 527. The summed E-state index contributed by atoms with van der Waals surface area (Å²) in [5.41, 5.74) is 0.697. The van der Waals surface area contributed by atoms with Crippen molar-refractivity contribution < 1.29 is 9.13 Å². The van der Waals surface area contributed by atoms with Gasteiger partial charge < -0.3 is 10.1 Å². The fourth-order valence-corrected chi connectivity index (χ4v) is 2.61. The molecule has 2 rings (SSSR count). The third-order valence-electron chi connectivity index (χ3n) is 2.81. The van der Waals surface area contributed by atoms with Crippen LogP contribution in [0.25, 0.3) is 10.2 Å². The van der Waals surface area contributed by atoms with Crippen LogP contribution in [0.1, 0.15) is 13.8 Å². The number of ether oxygens (including phenoxy) is 1. The second kappa shape index (κ2) is 5.63. The summed E-state index contributed by atoms with van der Waals surface area (Å²) in [6, 6.07) is 4.88. The van der Waals surface area contributed by atoms with Crippen molar-refractivity contribution in [1.82, 2.24) is 4.98 Å². The Morgan fingerprint density at radius 2 is 2.22 bits per heavy atom. The van der Waals surface area contributed by atoms with Gasteiger partial charge in [0.1, 0.15) is 5.82 Å². The second-order valence-corrected chi connectivity index (χ2v) is 5.61. The number of hydrogen-bond donors (Lipinski definition) is 1.